The molecule has 5 aliphatic rings. The summed E-state index contributed by atoms with van der Waals surface area (Å²) in [5, 5.41) is 0. The first-order valence-electron chi connectivity index (χ1n) is 15.2. The average Bonchev–Trinajstić information content (AvgIpc) is 3.33. The van der Waals surface area contributed by atoms with Crippen LogP contribution in [0.1, 0.15) is 45.2 Å². The van der Waals surface area contributed by atoms with Crippen LogP contribution in [0.2, 0.25) is 0 Å². The number of methoxy groups -OCH3 is 1. The first-order valence-corrected chi connectivity index (χ1v) is 15.2. The van der Waals surface area contributed by atoms with Crippen molar-refractivity contribution in [3.05, 3.63) is 35.4 Å². The molecule has 1 aromatic rings. The van der Waals surface area contributed by atoms with E-state index in [2.05, 4.69) is 18.0 Å². The molecule has 0 saturated carbocycles. The standard InChI is InChI=1S/C32H37NO13/c1-14(34)40-22-10-8-19-20-13-18-7-9-21(24-23(18)32(19,29(22)45-24)11-12-33(20)5)44-31-28(43-17(4)37)26(42-16(3)36)25(41-15(2)35)27(46-31)30(38)39-6/h7-10,19-20,22,25-29,31H,11-13H2,1-6H3/t19-,20+,22-,25-,26-,27-,28+,29-,31+,32-/m0/s1. The van der Waals surface area contributed by atoms with Gasteiger partial charge in [-0.2, -0.15) is 0 Å². The highest BCUT2D eigenvalue weighted by Crippen LogP contribution is 2.63. The molecule has 1 spiro atoms. The fraction of sp³-hybridized carbons (Fsp3) is 0.594. The summed E-state index contributed by atoms with van der Waals surface area (Å²) >= 11 is 0. The summed E-state index contributed by atoms with van der Waals surface area (Å²) in [7, 11) is 3.22. The van der Waals surface area contributed by atoms with Crippen LogP contribution in [0.25, 0.3) is 0 Å². The van der Waals surface area contributed by atoms with Gasteiger partial charge in [0.2, 0.25) is 12.4 Å². The van der Waals surface area contributed by atoms with E-state index in [4.69, 9.17) is 37.9 Å². The van der Waals surface area contributed by atoms with Crippen molar-refractivity contribution in [2.75, 3.05) is 20.7 Å². The minimum absolute atomic E-state index is 0.0772. The summed E-state index contributed by atoms with van der Waals surface area (Å²) in [5.74, 6) is -3.05. The molecule has 46 heavy (non-hydrogen) atoms. The lowest BCUT2D eigenvalue weighted by molar-refractivity contribution is -0.282. The minimum atomic E-state index is -1.61. The molecule has 10 atom stereocenters. The highest BCUT2D eigenvalue weighted by Gasteiger charge is 2.65. The zero-order valence-corrected chi connectivity index (χ0v) is 26.4. The normalized spacial score (nSPS) is 35.1. The number of esters is 5. The zero-order valence-electron chi connectivity index (χ0n) is 26.4. The van der Waals surface area contributed by atoms with Crippen LogP contribution in [0, 0.1) is 5.92 Å². The number of hydrogen-bond donors (Lipinski definition) is 0. The summed E-state index contributed by atoms with van der Waals surface area (Å²) in [6, 6.07) is 3.85. The van der Waals surface area contributed by atoms with Crippen LogP contribution in [0.3, 0.4) is 0 Å². The maximum absolute atomic E-state index is 12.9. The number of carbonyl (C=O) groups excluding carboxylic acids is 5. The van der Waals surface area contributed by atoms with Gasteiger partial charge in [-0.15, -0.1) is 0 Å². The number of nitrogens with zero attached hydrogens (tertiary/aromatic N) is 1. The Labute approximate surface area is 265 Å². The van der Waals surface area contributed by atoms with Crippen molar-refractivity contribution in [1.82, 2.24) is 4.90 Å². The van der Waals surface area contributed by atoms with Crippen LogP contribution in [0.5, 0.6) is 11.5 Å². The van der Waals surface area contributed by atoms with Gasteiger partial charge in [-0.1, -0.05) is 12.1 Å². The van der Waals surface area contributed by atoms with Gasteiger partial charge in [0.15, 0.2) is 35.9 Å². The molecule has 1 aromatic carbocycles. The monoisotopic (exact) mass is 643 g/mol. The van der Waals surface area contributed by atoms with Gasteiger partial charge in [0.05, 0.1) is 7.11 Å². The summed E-state index contributed by atoms with van der Waals surface area (Å²) < 4.78 is 46.1. The van der Waals surface area contributed by atoms with Crippen molar-refractivity contribution in [2.24, 2.45) is 5.92 Å². The summed E-state index contributed by atoms with van der Waals surface area (Å²) in [4.78, 5) is 64.0. The second kappa shape index (κ2) is 11.9. The molecular weight excluding hydrogens is 606 g/mol. The molecule has 0 aromatic heterocycles. The summed E-state index contributed by atoms with van der Waals surface area (Å²) in [6.45, 7) is 5.51. The van der Waals surface area contributed by atoms with Gasteiger partial charge in [-0.05, 0) is 44.1 Å². The van der Waals surface area contributed by atoms with E-state index < -0.39 is 78.2 Å². The molecule has 3 heterocycles. The second-order valence-corrected chi connectivity index (χ2v) is 12.3. The third-order valence-corrected chi connectivity index (χ3v) is 9.49. The number of benzene rings is 1. The molecule has 2 fully saturated rings. The number of carbonyl (C=O) groups is 5. The topological polar surface area (TPSA) is 162 Å². The number of ether oxygens (including phenoxy) is 8. The SMILES string of the molecule is COC(=O)[C@H]1O[C@@H](Oc2ccc3c4c2O[C@H]2[C@@H](OC(C)=O)C=C[C@H]5[C@@H](C3)N(C)CC[C@@]452)[C@H](OC(C)=O)[C@@H](OC(C)=O)[C@@H]1OC(C)=O. The molecule has 6 rings (SSSR count). The summed E-state index contributed by atoms with van der Waals surface area (Å²) in [5.41, 5.74) is 1.51. The maximum atomic E-state index is 12.9. The first-order chi connectivity index (χ1) is 21.8. The van der Waals surface area contributed by atoms with E-state index in [0.717, 1.165) is 58.4 Å². The van der Waals surface area contributed by atoms with Gasteiger partial charge in [0, 0.05) is 50.6 Å². The van der Waals surface area contributed by atoms with Crippen molar-refractivity contribution >= 4 is 29.8 Å². The Hall–Kier alpha value is -4.17. The first kappa shape index (κ1) is 31.8. The molecule has 2 aliphatic carbocycles. The third-order valence-electron chi connectivity index (χ3n) is 9.49. The van der Waals surface area contributed by atoms with E-state index in [1.165, 1.54) is 6.92 Å². The van der Waals surface area contributed by atoms with E-state index in [0.29, 0.717) is 5.75 Å². The fourth-order valence-electron chi connectivity index (χ4n) is 7.89. The summed E-state index contributed by atoms with van der Waals surface area (Å²) in [6.07, 6.45) is -3.35. The van der Waals surface area contributed by atoms with Gasteiger partial charge >= 0.3 is 29.8 Å². The second-order valence-electron chi connectivity index (χ2n) is 12.3. The van der Waals surface area contributed by atoms with E-state index in [1.807, 2.05) is 12.1 Å². The highest BCUT2D eigenvalue weighted by atomic mass is 16.7. The van der Waals surface area contributed by atoms with Gasteiger partial charge in [-0.25, -0.2) is 4.79 Å². The third kappa shape index (κ3) is 5.16. The van der Waals surface area contributed by atoms with Gasteiger partial charge in [-0.3, -0.25) is 19.2 Å². The molecule has 2 saturated heterocycles. The molecule has 2 bridgehead atoms. The number of likely N-dealkylation sites (N-methyl/N-ethyl adjacent to an activating group) is 1. The Morgan fingerprint density at radius 3 is 2.17 bits per heavy atom. The average molecular weight is 644 g/mol. The van der Waals surface area contributed by atoms with Crippen molar-refractivity contribution in [3.63, 3.8) is 0 Å². The Kier molecular flexibility index (Phi) is 8.21. The van der Waals surface area contributed by atoms with Gasteiger partial charge in [0.25, 0.3) is 0 Å². The lowest BCUT2D eigenvalue weighted by atomic mass is 9.53. The van der Waals surface area contributed by atoms with Gasteiger partial charge in [0.1, 0.15) is 6.10 Å². The predicted octanol–water partition coefficient (Wildman–Crippen LogP) is 1.14. The maximum Gasteiger partial charge on any atom is 0.339 e. The van der Waals surface area contributed by atoms with E-state index >= 15 is 0 Å². The molecule has 0 N–H and O–H groups in total. The lowest BCUT2D eigenvalue weighted by Crippen LogP contribution is -2.65. The molecule has 0 radical (unpaired) electrons. The number of piperidine rings is 1. The Morgan fingerprint density at radius 1 is 0.870 bits per heavy atom. The van der Waals surface area contributed by atoms with E-state index in [9.17, 15) is 24.0 Å². The number of likely N-dealkylation sites (tertiary alicyclic amines) is 1. The van der Waals surface area contributed by atoms with Crippen LogP contribution in [0.4, 0.5) is 0 Å². The van der Waals surface area contributed by atoms with Crippen molar-refractivity contribution < 1.29 is 61.9 Å². The Bertz CT molecular complexity index is 1490. The molecule has 0 amide bonds. The lowest BCUT2D eigenvalue weighted by Gasteiger charge is -2.56. The minimum Gasteiger partial charge on any atom is -0.481 e. The number of rotatable bonds is 7. The molecular formula is C32H37NO13. The Balaban J connectivity index is 1.43. The molecule has 14 heteroatoms. The largest absolute Gasteiger partial charge is 0.481 e. The van der Waals surface area contributed by atoms with Crippen LogP contribution >= 0.6 is 0 Å². The molecule has 0 unspecified atom stereocenters. The zero-order chi connectivity index (χ0) is 33.1. The van der Waals surface area contributed by atoms with Crippen LogP contribution < -0.4 is 9.47 Å². The highest BCUT2D eigenvalue weighted by molar-refractivity contribution is 5.77. The van der Waals surface area contributed by atoms with Crippen LogP contribution in [-0.4, -0.2) is 104 Å². The number of hydrogen-bond acceptors (Lipinski definition) is 14. The van der Waals surface area contributed by atoms with Crippen molar-refractivity contribution in [2.45, 2.75) is 94.9 Å². The predicted molar refractivity (Wildman–Crippen MR) is 153 cm³/mol. The van der Waals surface area contributed by atoms with Gasteiger partial charge < -0.3 is 42.8 Å². The van der Waals surface area contributed by atoms with Crippen molar-refractivity contribution in [3.8, 4) is 11.5 Å². The molecule has 3 aliphatic heterocycles. The quantitative estimate of drug-likeness (QED) is 0.236. The van der Waals surface area contributed by atoms with E-state index in [1.54, 1.807) is 6.07 Å². The van der Waals surface area contributed by atoms with E-state index in [-0.39, 0.29) is 17.7 Å². The van der Waals surface area contributed by atoms with Crippen molar-refractivity contribution in [1.29, 1.82) is 0 Å². The van der Waals surface area contributed by atoms with Crippen LogP contribution in [0.15, 0.2) is 24.3 Å². The smallest absolute Gasteiger partial charge is 0.339 e. The molecule has 248 valence electrons. The molecule has 14 nitrogen and oxygen atoms in total. The fourth-order valence-corrected chi connectivity index (χ4v) is 7.89. The van der Waals surface area contributed by atoms with Crippen LogP contribution in [-0.2, 0) is 64.2 Å². The Morgan fingerprint density at radius 2 is 1.52 bits per heavy atom.